The Bertz CT molecular complexity index is 1020. The number of nitro benzene ring substituents is 1. The van der Waals surface area contributed by atoms with E-state index in [1.165, 1.54) is 18.2 Å². The first kappa shape index (κ1) is 17.9. The lowest BCUT2D eigenvalue weighted by atomic mass is 10.1. The highest BCUT2D eigenvalue weighted by atomic mass is 35.5. The minimum atomic E-state index is -0.627. The molecule has 1 heterocycles. The molecular formula is C17H11Cl2N3O4. The van der Waals surface area contributed by atoms with Gasteiger partial charge in [-0.25, -0.2) is 0 Å². The molecule has 132 valence electrons. The van der Waals surface area contributed by atoms with Gasteiger partial charge in [0.15, 0.2) is 0 Å². The third kappa shape index (κ3) is 3.40. The molecule has 3 aromatic rings. The van der Waals surface area contributed by atoms with Gasteiger partial charge in [-0.05, 0) is 25.1 Å². The Morgan fingerprint density at radius 3 is 2.62 bits per heavy atom. The number of nitro groups is 1. The summed E-state index contributed by atoms with van der Waals surface area (Å²) in [7, 11) is 0. The van der Waals surface area contributed by atoms with E-state index in [-0.39, 0.29) is 27.7 Å². The van der Waals surface area contributed by atoms with Gasteiger partial charge in [-0.1, -0.05) is 46.6 Å². The van der Waals surface area contributed by atoms with Crippen molar-refractivity contribution in [2.24, 2.45) is 0 Å². The Morgan fingerprint density at radius 1 is 1.19 bits per heavy atom. The molecule has 3 rings (SSSR count). The maximum absolute atomic E-state index is 12.7. The summed E-state index contributed by atoms with van der Waals surface area (Å²) in [5, 5.41) is 17.9. The van der Waals surface area contributed by atoms with Gasteiger partial charge in [0.05, 0.1) is 9.95 Å². The van der Waals surface area contributed by atoms with Gasteiger partial charge in [0, 0.05) is 17.3 Å². The average Bonchev–Trinajstić information content (AvgIpc) is 2.98. The van der Waals surface area contributed by atoms with Crippen LogP contribution in [0.15, 0.2) is 47.0 Å². The molecule has 2 aromatic carbocycles. The van der Waals surface area contributed by atoms with Crippen molar-refractivity contribution in [2.75, 3.05) is 5.32 Å². The summed E-state index contributed by atoms with van der Waals surface area (Å²) in [6.07, 6.45) is 0. The van der Waals surface area contributed by atoms with Crippen LogP contribution in [0.1, 0.15) is 16.1 Å². The molecule has 7 nitrogen and oxygen atoms in total. The highest BCUT2D eigenvalue weighted by Crippen LogP contribution is 2.32. The molecule has 0 fully saturated rings. The summed E-state index contributed by atoms with van der Waals surface area (Å²) < 4.78 is 5.15. The lowest BCUT2D eigenvalue weighted by molar-refractivity contribution is -0.384. The van der Waals surface area contributed by atoms with Crippen molar-refractivity contribution in [1.82, 2.24) is 5.16 Å². The van der Waals surface area contributed by atoms with Gasteiger partial charge >= 0.3 is 0 Å². The second-order valence-electron chi connectivity index (χ2n) is 5.32. The molecule has 9 heteroatoms. The molecule has 0 radical (unpaired) electrons. The van der Waals surface area contributed by atoms with Crippen molar-refractivity contribution in [3.63, 3.8) is 0 Å². The smallest absolute Gasteiger partial charge is 0.289 e. The van der Waals surface area contributed by atoms with Crippen LogP contribution in [0.3, 0.4) is 0 Å². The number of benzene rings is 2. The molecule has 0 unspecified atom stereocenters. The monoisotopic (exact) mass is 391 g/mol. The molecule has 1 aromatic heterocycles. The topological polar surface area (TPSA) is 98.3 Å². The van der Waals surface area contributed by atoms with E-state index in [2.05, 4.69) is 10.5 Å². The summed E-state index contributed by atoms with van der Waals surface area (Å²) in [5.74, 6) is -0.240. The Morgan fingerprint density at radius 2 is 1.92 bits per heavy atom. The van der Waals surface area contributed by atoms with Crippen LogP contribution in [-0.4, -0.2) is 16.0 Å². The van der Waals surface area contributed by atoms with Crippen molar-refractivity contribution < 1.29 is 14.2 Å². The minimum Gasteiger partial charge on any atom is -0.360 e. The number of anilines is 1. The van der Waals surface area contributed by atoms with E-state index in [4.69, 9.17) is 27.7 Å². The maximum atomic E-state index is 12.7. The number of amides is 1. The molecule has 0 atom stereocenters. The molecule has 0 aliphatic rings. The Hall–Kier alpha value is -2.90. The number of hydrogen-bond acceptors (Lipinski definition) is 5. The van der Waals surface area contributed by atoms with Crippen LogP contribution in [0.2, 0.25) is 10.0 Å². The van der Waals surface area contributed by atoms with Crippen LogP contribution < -0.4 is 5.32 Å². The standard InChI is InChI=1S/C17H11Cl2N3O4/c1-9-15(16(21-26-9)11-4-2-3-5-12(11)18)17(23)20-10-6-7-13(19)14(8-10)22(24)25/h2-8H,1H3,(H,20,23). The largest absolute Gasteiger partial charge is 0.360 e. The fraction of sp³-hybridized carbons (Fsp3) is 0.0588. The Kier molecular flexibility index (Phi) is 4.92. The summed E-state index contributed by atoms with van der Waals surface area (Å²) in [6.45, 7) is 1.59. The van der Waals surface area contributed by atoms with Gasteiger partial charge in [-0.15, -0.1) is 0 Å². The number of hydrogen-bond donors (Lipinski definition) is 1. The molecule has 0 saturated heterocycles. The first-order valence-electron chi connectivity index (χ1n) is 7.35. The van der Waals surface area contributed by atoms with Crippen LogP contribution in [0.25, 0.3) is 11.3 Å². The third-order valence-corrected chi connectivity index (χ3v) is 4.27. The van der Waals surface area contributed by atoms with Crippen molar-refractivity contribution in [1.29, 1.82) is 0 Å². The fourth-order valence-corrected chi connectivity index (χ4v) is 2.81. The molecular weight excluding hydrogens is 381 g/mol. The van der Waals surface area contributed by atoms with Crippen LogP contribution in [0, 0.1) is 17.0 Å². The number of nitrogens with zero attached hydrogens (tertiary/aromatic N) is 2. The number of carbonyl (C=O) groups excluding carboxylic acids is 1. The second kappa shape index (κ2) is 7.15. The van der Waals surface area contributed by atoms with E-state index in [0.717, 1.165) is 0 Å². The lowest BCUT2D eigenvalue weighted by Crippen LogP contribution is -2.13. The molecule has 1 N–H and O–H groups in total. The van der Waals surface area contributed by atoms with Gasteiger partial charge in [0.2, 0.25) is 0 Å². The molecule has 0 bridgehead atoms. The van der Waals surface area contributed by atoms with Crippen LogP contribution in [0.4, 0.5) is 11.4 Å². The highest BCUT2D eigenvalue weighted by Gasteiger charge is 2.24. The first-order valence-corrected chi connectivity index (χ1v) is 8.10. The number of carbonyl (C=O) groups is 1. The summed E-state index contributed by atoms with van der Waals surface area (Å²) in [6, 6.07) is 10.9. The Balaban J connectivity index is 1.97. The van der Waals surface area contributed by atoms with Crippen LogP contribution >= 0.6 is 23.2 Å². The minimum absolute atomic E-state index is 0.0223. The molecule has 0 aliphatic carbocycles. The van der Waals surface area contributed by atoms with E-state index in [1.54, 1.807) is 31.2 Å². The van der Waals surface area contributed by atoms with Crippen molar-refractivity contribution in [2.45, 2.75) is 6.92 Å². The number of halogens is 2. The zero-order valence-corrected chi connectivity index (χ0v) is 14.8. The fourth-order valence-electron chi connectivity index (χ4n) is 2.40. The zero-order valence-electron chi connectivity index (χ0n) is 13.3. The maximum Gasteiger partial charge on any atom is 0.289 e. The number of rotatable bonds is 4. The van der Waals surface area contributed by atoms with Crippen LogP contribution in [0.5, 0.6) is 0 Å². The van der Waals surface area contributed by atoms with Gasteiger partial charge in [-0.3, -0.25) is 14.9 Å². The molecule has 0 saturated carbocycles. The number of aryl methyl sites for hydroxylation is 1. The van der Waals surface area contributed by atoms with E-state index in [0.29, 0.717) is 16.3 Å². The predicted molar refractivity (Wildman–Crippen MR) is 97.7 cm³/mol. The molecule has 1 amide bonds. The lowest BCUT2D eigenvalue weighted by Gasteiger charge is -2.07. The average molecular weight is 392 g/mol. The van der Waals surface area contributed by atoms with Gasteiger partial charge in [0.25, 0.3) is 11.6 Å². The van der Waals surface area contributed by atoms with Gasteiger partial charge < -0.3 is 9.84 Å². The van der Waals surface area contributed by atoms with E-state index >= 15 is 0 Å². The molecule has 0 spiro atoms. The second-order valence-corrected chi connectivity index (χ2v) is 6.13. The normalized spacial score (nSPS) is 10.6. The van der Waals surface area contributed by atoms with E-state index in [1.807, 2.05) is 0 Å². The van der Waals surface area contributed by atoms with E-state index in [9.17, 15) is 14.9 Å². The molecule has 0 aliphatic heterocycles. The Labute approximate surface area is 157 Å². The van der Waals surface area contributed by atoms with Crippen LogP contribution in [-0.2, 0) is 0 Å². The third-order valence-electron chi connectivity index (χ3n) is 3.62. The summed E-state index contributed by atoms with van der Waals surface area (Å²) >= 11 is 12.0. The number of nitrogens with one attached hydrogen (secondary N) is 1. The van der Waals surface area contributed by atoms with Gasteiger partial charge in [0.1, 0.15) is 22.0 Å². The van der Waals surface area contributed by atoms with Gasteiger partial charge in [-0.2, -0.15) is 0 Å². The predicted octanol–water partition coefficient (Wildman–Crippen LogP) is 5.12. The SMILES string of the molecule is Cc1onc(-c2ccccc2Cl)c1C(=O)Nc1ccc(Cl)c([N+](=O)[O-])c1. The highest BCUT2D eigenvalue weighted by molar-refractivity contribution is 6.33. The summed E-state index contributed by atoms with van der Waals surface area (Å²) in [4.78, 5) is 23.1. The first-order chi connectivity index (χ1) is 12.4. The van der Waals surface area contributed by atoms with Crippen molar-refractivity contribution in [3.05, 3.63) is 73.9 Å². The van der Waals surface area contributed by atoms with E-state index < -0.39 is 10.8 Å². The quantitative estimate of drug-likeness (QED) is 0.491. The number of aromatic nitrogens is 1. The van der Waals surface area contributed by atoms with Crippen molar-refractivity contribution in [3.8, 4) is 11.3 Å². The molecule has 26 heavy (non-hydrogen) atoms. The van der Waals surface area contributed by atoms with Crippen molar-refractivity contribution >= 4 is 40.5 Å². The zero-order chi connectivity index (χ0) is 18.8. The summed E-state index contributed by atoms with van der Waals surface area (Å²) in [5.41, 5.74) is 0.928.